The second-order valence-corrected chi connectivity index (χ2v) is 3.33. The van der Waals surface area contributed by atoms with E-state index in [2.05, 4.69) is 35.5 Å². The molecule has 0 amide bonds. The van der Waals surface area contributed by atoms with Crippen LogP contribution >= 0.6 is 0 Å². The molecule has 0 saturated heterocycles. The Balaban J connectivity index is 2.29. The molecule has 11 nitrogen and oxygen atoms in total. The van der Waals surface area contributed by atoms with Gasteiger partial charge in [-0.2, -0.15) is 0 Å². The largest absolute Gasteiger partial charge is 0.480 e. The van der Waals surface area contributed by atoms with E-state index in [1.54, 1.807) is 0 Å². The molecule has 0 fully saturated rings. The molecular weight excluding hydrogens is 260 g/mol. The first kappa shape index (κ1) is 12.5. The Morgan fingerprint density at radius 1 is 0.947 bits per heavy atom. The van der Waals surface area contributed by atoms with Gasteiger partial charge >= 0.3 is 11.9 Å². The van der Waals surface area contributed by atoms with E-state index in [1.165, 1.54) is 0 Å². The molecule has 0 radical (unpaired) electrons. The third kappa shape index (κ3) is 3.02. The first-order valence-corrected chi connectivity index (χ1v) is 4.98. The number of aromatic nitrogens is 4. The number of anilines is 2. The van der Waals surface area contributed by atoms with Crippen molar-refractivity contribution in [3.8, 4) is 0 Å². The lowest BCUT2D eigenvalue weighted by atomic mass is 10.5. The van der Waals surface area contributed by atoms with E-state index < -0.39 is 25.0 Å². The predicted octanol–water partition coefficient (Wildman–Crippen LogP) is -0.994. The molecule has 4 N–H and O–H groups in total. The molecule has 2 heterocycles. The van der Waals surface area contributed by atoms with Gasteiger partial charge < -0.3 is 20.8 Å². The first-order chi connectivity index (χ1) is 9.06. The van der Waals surface area contributed by atoms with Crippen LogP contribution in [0, 0.1) is 0 Å². The topological polar surface area (TPSA) is 163 Å². The number of nitrogens with one attached hydrogen (secondary N) is 2. The highest BCUT2D eigenvalue weighted by molar-refractivity contribution is 5.79. The van der Waals surface area contributed by atoms with E-state index in [1.807, 2.05) is 0 Å². The van der Waals surface area contributed by atoms with E-state index in [-0.39, 0.29) is 22.9 Å². The Labute approximate surface area is 104 Å². The van der Waals surface area contributed by atoms with Gasteiger partial charge in [0.1, 0.15) is 13.1 Å². The number of carbonyl (C=O) groups is 2. The van der Waals surface area contributed by atoms with Gasteiger partial charge in [-0.25, -0.2) is 14.6 Å². The van der Waals surface area contributed by atoms with Gasteiger partial charge in [-0.05, 0) is 10.3 Å². The lowest BCUT2D eigenvalue weighted by Gasteiger charge is -2.08. The minimum atomic E-state index is -1.11. The summed E-state index contributed by atoms with van der Waals surface area (Å²) < 4.78 is 4.41. The Kier molecular flexibility index (Phi) is 3.36. The minimum Gasteiger partial charge on any atom is -0.480 e. The summed E-state index contributed by atoms with van der Waals surface area (Å²) in [6, 6.07) is 0. The number of fused-ring (bicyclic) bond motifs is 1. The molecule has 0 aromatic carbocycles. The van der Waals surface area contributed by atoms with Crippen LogP contribution < -0.4 is 10.6 Å². The van der Waals surface area contributed by atoms with Gasteiger partial charge in [0.15, 0.2) is 11.6 Å². The summed E-state index contributed by atoms with van der Waals surface area (Å²) in [5.41, 5.74) is 0.155. The summed E-state index contributed by atoms with van der Waals surface area (Å²) in [6.45, 7) is -0.819. The van der Waals surface area contributed by atoms with Crippen molar-refractivity contribution in [2.45, 2.75) is 0 Å². The van der Waals surface area contributed by atoms with Crippen molar-refractivity contribution in [2.24, 2.45) is 0 Å². The summed E-state index contributed by atoms with van der Waals surface area (Å²) in [4.78, 5) is 28.8. The Morgan fingerprint density at radius 2 is 1.37 bits per heavy atom. The molecule has 2 aromatic rings. The third-order valence-electron chi connectivity index (χ3n) is 1.93. The van der Waals surface area contributed by atoms with Crippen molar-refractivity contribution in [2.75, 3.05) is 23.7 Å². The smallest absolute Gasteiger partial charge is 0.322 e. The standard InChI is InChI=1S/C8H8N6O5/c15-3(16)1-9-5-6(10-2-4(17)18)12-8-7(11-5)13-19-14-8/h1-2H2,(H,15,16)(H,17,18)(H,9,11,13)(H,10,12,14). The van der Waals surface area contributed by atoms with Gasteiger partial charge in [0.25, 0.3) is 0 Å². The SMILES string of the molecule is O=C(O)CNc1nc2nonc2nc1NCC(=O)O. The van der Waals surface area contributed by atoms with Crippen molar-refractivity contribution in [1.29, 1.82) is 0 Å². The summed E-state index contributed by atoms with van der Waals surface area (Å²) >= 11 is 0. The van der Waals surface area contributed by atoms with E-state index in [9.17, 15) is 9.59 Å². The third-order valence-corrected chi connectivity index (χ3v) is 1.93. The van der Waals surface area contributed by atoms with E-state index >= 15 is 0 Å². The highest BCUT2D eigenvalue weighted by Crippen LogP contribution is 2.18. The second kappa shape index (κ2) is 5.12. The fourth-order valence-electron chi connectivity index (χ4n) is 1.20. The van der Waals surface area contributed by atoms with Gasteiger partial charge in [0.2, 0.25) is 11.3 Å². The number of hydrogen-bond donors (Lipinski definition) is 4. The monoisotopic (exact) mass is 268 g/mol. The molecule has 2 aromatic heterocycles. The molecule has 0 aliphatic carbocycles. The molecule has 100 valence electrons. The number of carboxylic acids is 2. The molecule has 0 unspecified atom stereocenters. The predicted molar refractivity (Wildman–Crippen MR) is 59.6 cm³/mol. The maximum absolute atomic E-state index is 10.5. The fraction of sp³-hybridized carbons (Fsp3) is 0.250. The molecule has 0 aliphatic heterocycles. The molecule has 0 aliphatic rings. The zero-order valence-corrected chi connectivity index (χ0v) is 9.32. The van der Waals surface area contributed by atoms with Crippen LogP contribution in [0.3, 0.4) is 0 Å². The maximum atomic E-state index is 10.5. The highest BCUT2D eigenvalue weighted by Gasteiger charge is 2.13. The number of hydrogen-bond acceptors (Lipinski definition) is 9. The first-order valence-electron chi connectivity index (χ1n) is 4.98. The maximum Gasteiger partial charge on any atom is 0.322 e. The van der Waals surface area contributed by atoms with Crippen LogP contribution in [0.2, 0.25) is 0 Å². The Hall–Kier alpha value is -2.98. The molecule has 0 saturated carbocycles. The molecule has 19 heavy (non-hydrogen) atoms. The number of aliphatic carboxylic acids is 2. The Bertz CT molecular complexity index is 573. The van der Waals surface area contributed by atoms with Crippen molar-refractivity contribution in [3.63, 3.8) is 0 Å². The summed E-state index contributed by atoms with van der Waals surface area (Å²) in [7, 11) is 0. The Morgan fingerprint density at radius 3 is 1.74 bits per heavy atom. The van der Waals surface area contributed by atoms with E-state index in [0.29, 0.717) is 0 Å². The molecule has 0 spiro atoms. The van der Waals surface area contributed by atoms with Gasteiger partial charge in [0.05, 0.1) is 0 Å². The zero-order valence-electron chi connectivity index (χ0n) is 9.32. The van der Waals surface area contributed by atoms with Gasteiger partial charge in [-0.3, -0.25) is 9.59 Å². The molecular formula is C8H8N6O5. The normalized spacial score (nSPS) is 10.3. The van der Waals surface area contributed by atoms with Crippen LogP contribution in [-0.4, -0.2) is 55.5 Å². The van der Waals surface area contributed by atoms with Gasteiger partial charge in [0, 0.05) is 0 Å². The second-order valence-electron chi connectivity index (χ2n) is 3.33. The van der Waals surface area contributed by atoms with E-state index in [4.69, 9.17) is 10.2 Å². The number of carboxylic acid groups (broad SMARTS) is 2. The van der Waals surface area contributed by atoms with Crippen molar-refractivity contribution < 1.29 is 24.4 Å². The lowest BCUT2D eigenvalue weighted by Crippen LogP contribution is -2.18. The quantitative estimate of drug-likeness (QED) is 0.508. The van der Waals surface area contributed by atoms with Crippen LogP contribution in [-0.2, 0) is 9.59 Å². The highest BCUT2D eigenvalue weighted by atomic mass is 16.6. The average Bonchev–Trinajstić information content (AvgIpc) is 2.79. The average molecular weight is 268 g/mol. The molecule has 0 atom stereocenters. The fourth-order valence-corrected chi connectivity index (χ4v) is 1.20. The van der Waals surface area contributed by atoms with Crippen LogP contribution in [0.25, 0.3) is 11.3 Å². The van der Waals surface area contributed by atoms with Crippen LogP contribution in [0.5, 0.6) is 0 Å². The van der Waals surface area contributed by atoms with Crippen LogP contribution in [0.1, 0.15) is 0 Å². The zero-order chi connectivity index (χ0) is 13.8. The number of nitrogens with zero attached hydrogens (tertiary/aromatic N) is 4. The summed E-state index contributed by atoms with van der Waals surface area (Å²) in [5.74, 6) is -2.12. The van der Waals surface area contributed by atoms with E-state index in [0.717, 1.165) is 0 Å². The number of rotatable bonds is 6. The minimum absolute atomic E-state index is 0.0480. The van der Waals surface area contributed by atoms with Crippen LogP contribution in [0.15, 0.2) is 4.63 Å². The van der Waals surface area contributed by atoms with Gasteiger partial charge in [-0.15, -0.1) is 0 Å². The summed E-state index contributed by atoms with van der Waals surface area (Å²) in [5, 5.41) is 29.0. The lowest BCUT2D eigenvalue weighted by molar-refractivity contribution is -0.136. The summed E-state index contributed by atoms with van der Waals surface area (Å²) in [6.07, 6.45) is 0. The van der Waals surface area contributed by atoms with Crippen molar-refractivity contribution in [1.82, 2.24) is 20.3 Å². The van der Waals surface area contributed by atoms with Crippen molar-refractivity contribution >= 4 is 34.9 Å². The molecule has 0 bridgehead atoms. The van der Waals surface area contributed by atoms with Crippen LogP contribution in [0.4, 0.5) is 11.6 Å². The molecule has 11 heteroatoms. The molecule has 2 rings (SSSR count). The van der Waals surface area contributed by atoms with Gasteiger partial charge in [-0.1, -0.05) is 0 Å². The van der Waals surface area contributed by atoms with Crippen molar-refractivity contribution in [3.05, 3.63) is 0 Å².